The number of benzene rings is 1. The summed E-state index contributed by atoms with van der Waals surface area (Å²) in [7, 11) is 1.68. The zero-order chi connectivity index (χ0) is 21.5. The van der Waals surface area contributed by atoms with Crippen molar-refractivity contribution in [3.8, 4) is 16.9 Å². The van der Waals surface area contributed by atoms with Gasteiger partial charge in [0, 0.05) is 56.0 Å². The maximum absolute atomic E-state index is 5.43. The Bertz CT molecular complexity index is 1260. The summed E-state index contributed by atoms with van der Waals surface area (Å²) in [4.78, 5) is 14.3. The Hall–Kier alpha value is -3.23. The fraction of sp³-hybridized carbons (Fsp3) is 0.375. The van der Waals surface area contributed by atoms with E-state index in [-0.39, 0.29) is 0 Å². The minimum Gasteiger partial charge on any atom is -0.497 e. The quantitative estimate of drug-likeness (QED) is 0.535. The molecule has 0 bridgehead atoms. The molecule has 2 fully saturated rings. The van der Waals surface area contributed by atoms with Gasteiger partial charge in [0.25, 0.3) is 0 Å². The van der Waals surface area contributed by atoms with Crippen molar-refractivity contribution in [2.45, 2.75) is 18.9 Å². The van der Waals surface area contributed by atoms with E-state index < -0.39 is 0 Å². The minimum atomic E-state index is 0.686. The number of rotatable bonds is 4. The predicted octanol–water partition coefficient (Wildman–Crippen LogP) is 2.78. The highest BCUT2D eigenvalue weighted by atomic mass is 16.5. The maximum Gasteiger partial charge on any atom is 0.162 e. The maximum atomic E-state index is 5.43. The average molecular weight is 430 g/mol. The number of hydrogen-bond donors (Lipinski definition) is 1. The molecule has 4 aromatic rings. The van der Waals surface area contributed by atoms with E-state index in [1.165, 1.54) is 19.4 Å². The second-order valence-corrected chi connectivity index (χ2v) is 8.57. The van der Waals surface area contributed by atoms with Crippen LogP contribution in [0.25, 0.3) is 27.7 Å². The van der Waals surface area contributed by atoms with Crippen LogP contribution in [0.2, 0.25) is 0 Å². The summed E-state index contributed by atoms with van der Waals surface area (Å²) < 4.78 is 7.33. The highest BCUT2D eigenvalue weighted by Gasteiger charge is 2.26. The van der Waals surface area contributed by atoms with Crippen LogP contribution in [0.3, 0.4) is 0 Å². The number of piperidine rings is 1. The Labute approximate surface area is 186 Å². The van der Waals surface area contributed by atoms with Gasteiger partial charge in [-0.15, -0.1) is 0 Å². The van der Waals surface area contributed by atoms with E-state index in [1.54, 1.807) is 7.11 Å². The highest BCUT2D eigenvalue weighted by molar-refractivity contribution is 5.98. The van der Waals surface area contributed by atoms with Gasteiger partial charge in [0.15, 0.2) is 5.65 Å². The van der Waals surface area contributed by atoms with E-state index in [2.05, 4.69) is 31.4 Å². The summed E-state index contributed by atoms with van der Waals surface area (Å²) >= 11 is 0. The van der Waals surface area contributed by atoms with E-state index in [4.69, 9.17) is 9.72 Å². The molecular weight excluding hydrogens is 402 g/mol. The van der Waals surface area contributed by atoms with Crippen LogP contribution in [0.4, 0.5) is 5.69 Å². The fourth-order valence-electron chi connectivity index (χ4n) is 5.03. The normalized spacial score (nSPS) is 18.1. The Morgan fingerprint density at radius 1 is 1.03 bits per heavy atom. The molecule has 8 nitrogen and oxygen atoms in total. The fourth-order valence-corrected chi connectivity index (χ4v) is 5.03. The van der Waals surface area contributed by atoms with Gasteiger partial charge in [0.1, 0.15) is 5.75 Å². The Balaban J connectivity index is 1.29. The first-order valence-electron chi connectivity index (χ1n) is 11.3. The van der Waals surface area contributed by atoms with Crippen molar-refractivity contribution < 1.29 is 4.74 Å². The lowest BCUT2D eigenvalue weighted by atomic mass is 10.0. The number of nitrogens with one attached hydrogen (secondary N) is 1. The molecule has 0 radical (unpaired) electrons. The van der Waals surface area contributed by atoms with Crippen molar-refractivity contribution in [1.82, 2.24) is 29.8 Å². The third kappa shape index (κ3) is 3.36. The van der Waals surface area contributed by atoms with E-state index in [0.717, 1.165) is 65.4 Å². The first-order chi connectivity index (χ1) is 15.8. The summed E-state index contributed by atoms with van der Waals surface area (Å²) in [5.41, 5.74) is 4.96. The molecular formula is C24H27N7O. The summed E-state index contributed by atoms with van der Waals surface area (Å²) in [5, 5.41) is 9.12. The summed E-state index contributed by atoms with van der Waals surface area (Å²) in [6, 6.07) is 8.65. The van der Waals surface area contributed by atoms with Crippen LogP contribution < -0.4 is 15.0 Å². The molecule has 0 amide bonds. The van der Waals surface area contributed by atoms with Crippen molar-refractivity contribution >= 4 is 22.2 Å². The molecule has 3 aromatic heterocycles. The smallest absolute Gasteiger partial charge is 0.162 e. The van der Waals surface area contributed by atoms with Crippen molar-refractivity contribution in [2.75, 3.05) is 44.9 Å². The first kappa shape index (κ1) is 19.5. The van der Waals surface area contributed by atoms with Crippen molar-refractivity contribution in [1.29, 1.82) is 0 Å². The third-order valence-electron chi connectivity index (χ3n) is 6.82. The van der Waals surface area contributed by atoms with Gasteiger partial charge in [-0.25, -0.2) is 9.50 Å². The number of anilines is 1. The Morgan fingerprint density at radius 2 is 1.94 bits per heavy atom. The van der Waals surface area contributed by atoms with Gasteiger partial charge < -0.3 is 15.0 Å². The monoisotopic (exact) mass is 429 g/mol. The molecule has 0 saturated carbocycles. The molecule has 1 N–H and O–H groups in total. The van der Waals surface area contributed by atoms with E-state index in [0.29, 0.717) is 6.04 Å². The molecule has 0 aliphatic carbocycles. The SMILES string of the molecule is COc1ccc2nccc(-c3cnn4cc(N5CCC(N6CCNC6)CC5)cnc34)c2c1. The van der Waals surface area contributed by atoms with Crippen LogP contribution in [0.1, 0.15) is 12.8 Å². The minimum absolute atomic E-state index is 0.686. The number of nitrogens with zero attached hydrogens (tertiary/aromatic N) is 6. The molecule has 2 aliphatic heterocycles. The molecule has 0 spiro atoms. The van der Waals surface area contributed by atoms with Gasteiger partial charge in [0.2, 0.25) is 0 Å². The standard InChI is InChI=1S/C24H27N7O/c1-32-19-2-3-23-21(12-19)20(4-7-26-23)22-14-28-31-15-18(13-27-24(22)31)29-9-5-17(6-10-29)30-11-8-25-16-30/h2-4,7,12-15,17,25H,5-6,8-11,16H2,1H3. The second-order valence-electron chi connectivity index (χ2n) is 8.57. The lowest BCUT2D eigenvalue weighted by Gasteiger charge is -2.37. The molecule has 0 unspecified atom stereocenters. The highest BCUT2D eigenvalue weighted by Crippen LogP contribution is 2.32. The van der Waals surface area contributed by atoms with Gasteiger partial charge in [0.05, 0.1) is 36.9 Å². The number of fused-ring (bicyclic) bond motifs is 2. The molecule has 2 aliphatic rings. The van der Waals surface area contributed by atoms with Crippen LogP contribution in [0.5, 0.6) is 5.75 Å². The Morgan fingerprint density at radius 3 is 2.75 bits per heavy atom. The van der Waals surface area contributed by atoms with Crippen LogP contribution in [0.15, 0.2) is 49.1 Å². The lowest BCUT2D eigenvalue weighted by Crippen LogP contribution is -2.44. The molecule has 5 heterocycles. The van der Waals surface area contributed by atoms with Gasteiger partial charge in [-0.3, -0.25) is 9.88 Å². The van der Waals surface area contributed by atoms with Crippen molar-refractivity contribution in [3.05, 3.63) is 49.1 Å². The summed E-state index contributed by atoms with van der Waals surface area (Å²) in [5.74, 6) is 0.812. The van der Waals surface area contributed by atoms with Crippen LogP contribution in [-0.2, 0) is 0 Å². The van der Waals surface area contributed by atoms with Crippen LogP contribution in [0, 0.1) is 0 Å². The van der Waals surface area contributed by atoms with Gasteiger partial charge >= 0.3 is 0 Å². The molecule has 1 aromatic carbocycles. The molecule has 2 saturated heterocycles. The number of aromatic nitrogens is 4. The van der Waals surface area contributed by atoms with Gasteiger partial charge in [-0.2, -0.15) is 5.10 Å². The summed E-state index contributed by atoms with van der Waals surface area (Å²) in [6.45, 7) is 5.42. The largest absolute Gasteiger partial charge is 0.497 e. The number of pyridine rings is 1. The predicted molar refractivity (Wildman–Crippen MR) is 125 cm³/mol. The molecule has 0 atom stereocenters. The van der Waals surface area contributed by atoms with E-state index in [9.17, 15) is 0 Å². The number of hydrogen-bond acceptors (Lipinski definition) is 7. The van der Waals surface area contributed by atoms with E-state index >= 15 is 0 Å². The number of ether oxygens (including phenoxy) is 1. The second kappa shape index (κ2) is 8.03. The molecule has 32 heavy (non-hydrogen) atoms. The van der Waals surface area contributed by atoms with Gasteiger partial charge in [-0.05, 0) is 42.7 Å². The third-order valence-corrected chi connectivity index (χ3v) is 6.82. The zero-order valence-corrected chi connectivity index (χ0v) is 18.2. The zero-order valence-electron chi connectivity index (χ0n) is 18.2. The topological polar surface area (TPSA) is 70.8 Å². The molecule has 164 valence electrons. The number of methoxy groups -OCH3 is 1. The molecule has 6 rings (SSSR count). The van der Waals surface area contributed by atoms with Gasteiger partial charge in [-0.1, -0.05) is 0 Å². The van der Waals surface area contributed by atoms with Crippen molar-refractivity contribution in [2.24, 2.45) is 0 Å². The molecule has 8 heteroatoms. The van der Waals surface area contributed by atoms with Crippen molar-refractivity contribution in [3.63, 3.8) is 0 Å². The van der Waals surface area contributed by atoms with Crippen LogP contribution >= 0.6 is 0 Å². The first-order valence-corrected chi connectivity index (χ1v) is 11.3. The Kier molecular flexibility index (Phi) is 4.88. The van der Waals surface area contributed by atoms with Crippen LogP contribution in [-0.4, -0.2) is 70.5 Å². The lowest BCUT2D eigenvalue weighted by molar-refractivity contribution is 0.206. The average Bonchev–Trinajstić information content (AvgIpc) is 3.53. The summed E-state index contributed by atoms with van der Waals surface area (Å²) in [6.07, 6.45) is 10.2. The van der Waals surface area contributed by atoms with E-state index in [1.807, 2.05) is 47.4 Å².